The molecule has 0 saturated heterocycles. The fourth-order valence-electron chi connectivity index (χ4n) is 4.49. The molecule has 0 bridgehead atoms. The van der Waals surface area contributed by atoms with Crippen molar-refractivity contribution in [2.75, 3.05) is 0 Å². The molecule has 0 radical (unpaired) electrons. The van der Waals surface area contributed by atoms with Crippen molar-refractivity contribution in [3.8, 4) is 22.4 Å². The summed E-state index contributed by atoms with van der Waals surface area (Å²) in [7, 11) is 0. The molecule has 7 aromatic rings. The quantitative estimate of drug-likeness (QED) is 0.231. The van der Waals surface area contributed by atoms with E-state index in [1.165, 1.54) is 36.0 Å². The predicted molar refractivity (Wildman–Crippen MR) is 144 cm³/mol. The first-order valence-electron chi connectivity index (χ1n) is 10.6. The fourth-order valence-corrected chi connectivity index (χ4v) is 6.88. The second-order valence-electron chi connectivity index (χ2n) is 8.01. The number of benzene rings is 4. The Morgan fingerprint density at radius 2 is 1.21 bits per heavy atom. The third-order valence-corrected chi connectivity index (χ3v) is 8.53. The normalized spacial score (nSPS) is 11.8. The average Bonchev–Trinajstić information content (AvgIpc) is 3.41. The maximum absolute atomic E-state index is 6.38. The Balaban J connectivity index is 1.45. The Morgan fingerprint density at radius 3 is 2.03 bits per heavy atom. The van der Waals surface area contributed by atoms with Crippen molar-refractivity contribution >= 4 is 74.7 Å². The third-order valence-electron chi connectivity index (χ3n) is 6.04. The van der Waals surface area contributed by atoms with Gasteiger partial charge in [0.1, 0.15) is 0 Å². The second-order valence-corrected chi connectivity index (χ2v) is 10.5. The number of fused-ring (bicyclic) bond motifs is 6. The molecule has 156 valence electrons. The molecule has 0 amide bonds. The van der Waals surface area contributed by atoms with Crippen molar-refractivity contribution in [3.63, 3.8) is 0 Å². The second kappa shape index (κ2) is 7.35. The summed E-state index contributed by atoms with van der Waals surface area (Å²) < 4.78 is 4.89. The van der Waals surface area contributed by atoms with Gasteiger partial charge in [0.15, 0.2) is 0 Å². The number of halogens is 1. The van der Waals surface area contributed by atoms with Gasteiger partial charge in [-0.3, -0.25) is 0 Å². The molecule has 4 aromatic carbocycles. The minimum Gasteiger partial charge on any atom is -0.216 e. The SMILES string of the molecule is Clc1nc(-c2ccccc2)c2sc3ccc(-c4ccc5sc6ccccc6c5c4)cc3c2n1. The van der Waals surface area contributed by atoms with Crippen LogP contribution in [0, 0.1) is 0 Å². The number of hydrogen-bond acceptors (Lipinski definition) is 4. The van der Waals surface area contributed by atoms with Crippen LogP contribution in [-0.4, -0.2) is 9.97 Å². The monoisotopic (exact) mass is 478 g/mol. The first kappa shape index (κ1) is 19.2. The molecule has 0 unspecified atom stereocenters. The van der Waals surface area contributed by atoms with Crippen LogP contribution in [0.4, 0.5) is 0 Å². The van der Waals surface area contributed by atoms with E-state index < -0.39 is 0 Å². The van der Waals surface area contributed by atoms with Crippen LogP contribution >= 0.6 is 34.3 Å². The summed E-state index contributed by atoms with van der Waals surface area (Å²) in [5, 5.41) is 4.01. The molecule has 0 aliphatic rings. The van der Waals surface area contributed by atoms with Crippen molar-refractivity contribution in [2.24, 2.45) is 0 Å². The van der Waals surface area contributed by atoms with Gasteiger partial charge in [-0.25, -0.2) is 9.97 Å². The van der Waals surface area contributed by atoms with Gasteiger partial charge in [-0.1, -0.05) is 60.7 Å². The minimum atomic E-state index is 0.276. The van der Waals surface area contributed by atoms with Crippen LogP contribution in [0.1, 0.15) is 0 Å². The molecule has 0 atom stereocenters. The number of nitrogens with zero attached hydrogens (tertiary/aromatic N) is 2. The molecule has 5 heteroatoms. The van der Waals surface area contributed by atoms with Crippen LogP contribution in [0.2, 0.25) is 5.28 Å². The van der Waals surface area contributed by atoms with Crippen molar-refractivity contribution in [2.45, 2.75) is 0 Å². The van der Waals surface area contributed by atoms with Crippen LogP contribution in [0.3, 0.4) is 0 Å². The Morgan fingerprint density at radius 1 is 0.545 bits per heavy atom. The lowest BCUT2D eigenvalue weighted by atomic mass is 10.0. The van der Waals surface area contributed by atoms with E-state index in [2.05, 4.69) is 82.8 Å². The number of hydrogen-bond donors (Lipinski definition) is 0. The molecule has 7 rings (SSSR count). The minimum absolute atomic E-state index is 0.276. The molecule has 3 heterocycles. The van der Waals surface area contributed by atoms with E-state index in [1.54, 1.807) is 11.3 Å². The van der Waals surface area contributed by atoms with Crippen molar-refractivity contribution < 1.29 is 0 Å². The van der Waals surface area contributed by atoms with Gasteiger partial charge >= 0.3 is 0 Å². The largest absolute Gasteiger partial charge is 0.223 e. The molecule has 0 spiro atoms. The molecule has 33 heavy (non-hydrogen) atoms. The molecule has 0 N–H and O–H groups in total. The molecule has 0 aliphatic heterocycles. The van der Waals surface area contributed by atoms with Gasteiger partial charge in [0, 0.05) is 35.8 Å². The summed E-state index contributed by atoms with van der Waals surface area (Å²) >= 11 is 9.94. The van der Waals surface area contributed by atoms with Gasteiger partial charge in [0.25, 0.3) is 0 Å². The Bertz CT molecular complexity index is 1830. The highest BCUT2D eigenvalue weighted by Crippen LogP contribution is 2.41. The van der Waals surface area contributed by atoms with E-state index in [-0.39, 0.29) is 5.28 Å². The molecule has 0 aliphatic carbocycles. The molecular formula is C28H15ClN2S2. The number of aromatic nitrogens is 2. The van der Waals surface area contributed by atoms with Crippen LogP contribution in [0.25, 0.3) is 62.9 Å². The standard InChI is InChI=1S/C28H15ClN2S2/c29-28-30-25(16-6-2-1-3-7-16)27-26(31-28)21-15-18(11-13-24(21)33-27)17-10-12-23-20(14-17)19-8-4-5-9-22(19)32-23/h1-15H. The first-order chi connectivity index (χ1) is 16.2. The predicted octanol–water partition coefficient (Wildman–Crippen LogP) is 9.20. The van der Waals surface area contributed by atoms with E-state index in [1.807, 2.05) is 29.5 Å². The highest BCUT2D eigenvalue weighted by Gasteiger charge is 2.16. The van der Waals surface area contributed by atoms with Gasteiger partial charge in [-0.05, 0) is 53.1 Å². The summed E-state index contributed by atoms with van der Waals surface area (Å²) in [6, 6.07) is 32.2. The summed E-state index contributed by atoms with van der Waals surface area (Å²) in [5.41, 5.74) is 5.23. The van der Waals surface area contributed by atoms with Gasteiger partial charge in [0.05, 0.1) is 15.9 Å². The number of thiophene rings is 2. The molecule has 0 fully saturated rings. The van der Waals surface area contributed by atoms with Crippen molar-refractivity contribution in [1.29, 1.82) is 0 Å². The topological polar surface area (TPSA) is 25.8 Å². The van der Waals surface area contributed by atoms with Gasteiger partial charge in [-0.2, -0.15) is 0 Å². The summed E-state index contributed by atoms with van der Waals surface area (Å²) in [5.74, 6) is 0. The average molecular weight is 479 g/mol. The van der Waals surface area contributed by atoms with Crippen LogP contribution in [-0.2, 0) is 0 Å². The third kappa shape index (κ3) is 3.06. The van der Waals surface area contributed by atoms with Crippen LogP contribution in [0.15, 0.2) is 91.0 Å². The highest BCUT2D eigenvalue weighted by molar-refractivity contribution is 7.26. The van der Waals surface area contributed by atoms with E-state index in [0.29, 0.717) is 0 Å². The summed E-state index contributed by atoms with van der Waals surface area (Å²) in [6.07, 6.45) is 0. The van der Waals surface area contributed by atoms with Gasteiger partial charge in [0.2, 0.25) is 5.28 Å². The molecule has 2 nitrogen and oxygen atoms in total. The Kier molecular flexibility index (Phi) is 4.28. The first-order valence-corrected chi connectivity index (χ1v) is 12.6. The van der Waals surface area contributed by atoms with Crippen LogP contribution in [0.5, 0.6) is 0 Å². The smallest absolute Gasteiger partial charge is 0.216 e. The van der Waals surface area contributed by atoms with E-state index in [9.17, 15) is 0 Å². The Hall–Kier alpha value is -3.31. The summed E-state index contributed by atoms with van der Waals surface area (Å²) in [4.78, 5) is 9.20. The summed E-state index contributed by atoms with van der Waals surface area (Å²) in [6.45, 7) is 0. The Labute approximate surface area is 202 Å². The van der Waals surface area contributed by atoms with Crippen molar-refractivity contribution in [1.82, 2.24) is 9.97 Å². The molecular weight excluding hydrogens is 464 g/mol. The fraction of sp³-hybridized carbons (Fsp3) is 0. The lowest BCUT2D eigenvalue weighted by Crippen LogP contribution is -1.88. The lowest BCUT2D eigenvalue weighted by Gasteiger charge is -2.04. The maximum atomic E-state index is 6.38. The highest BCUT2D eigenvalue weighted by atomic mass is 35.5. The van der Waals surface area contributed by atoms with Crippen molar-refractivity contribution in [3.05, 3.63) is 96.3 Å². The molecule has 0 saturated carbocycles. The lowest BCUT2D eigenvalue weighted by molar-refractivity contribution is 1.24. The molecule has 3 aromatic heterocycles. The van der Waals surface area contributed by atoms with E-state index in [4.69, 9.17) is 11.6 Å². The van der Waals surface area contributed by atoms with Gasteiger partial charge < -0.3 is 0 Å². The number of rotatable bonds is 2. The van der Waals surface area contributed by atoms with Gasteiger partial charge in [-0.15, -0.1) is 22.7 Å². The van der Waals surface area contributed by atoms with Crippen LogP contribution < -0.4 is 0 Å². The van der Waals surface area contributed by atoms with E-state index in [0.717, 1.165) is 26.9 Å². The zero-order valence-electron chi connectivity index (χ0n) is 17.2. The zero-order valence-corrected chi connectivity index (χ0v) is 19.6. The maximum Gasteiger partial charge on any atom is 0.223 e. The van der Waals surface area contributed by atoms with E-state index >= 15 is 0 Å². The zero-order chi connectivity index (χ0) is 21.9.